The molecule has 0 atom stereocenters. The number of anilines is 1. The Morgan fingerprint density at radius 3 is 2.33 bits per heavy atom. The first-order chi connectivity index (χ1) is 15.6. The Hall–Kier alpha value is -2.60. The number of nitrogens with one attached hydrogen (secondary N) is 1. The third-order valence-corrected chi connectivity index (χ3v) is 9.26. The summed E-state index contributed by atoms with van der Waals surface area (Å²) >= 11 is 1.34. The predicted octanol–water partition coefficient (Wildman–Crippen LogP) is 3.25. The summed E-state index contributed by atoms with van der Waals surface area (Å²) in [5.41, 5.74) is 1.75. The maximum Gasteiger partial charge on any atom is 0.243 e. The first-order valence-electron chi connectivity index (χ1n) is 10.3. The molecule has 1 fully saturated rings. The second kappa shape index (κ2) is 9.34. The molecule has 1 aromatic heterocycles. The lowest BCUT2D eigenvalue weighted by molar-refractivity contribution is -0.120. The molecule has 0 radical (unpaired) electrons. The van der Waals surface area contributed by atoms with Crippen molar-refractivity contribution < 1.29 is 21.6 Å². The molecule has 8 nitrogen and oxygen atoms in total. The van der Waals surface area contributed by atoms with Crippen LogP contribution in [0.2, 0.25) is 0 Å². The molecule has 33 heavy (non-hydrogen) atoms. The standard InChI is InChI=1S/C22H23N3O5S3/c1-32(27,28)18-8-5-9-19(14-18)33(29,30)25-12-10-17(11-13-25)21(26)24-22-23-20(15-31-22)16-6-3-2-4-7-16/h2-9,14-15,17H,10-13H2,1H3,(H,23,24,26). The van der Waals surface area contributed by atoms with Gasteiger partial charge < -0.3 is 5.32 Å². The topological polar surface area (TPSA) is 114 Å². The van der Waals surface area contributed by atoms with Crippen molar-refractivity contribution in [1.82, 2.24) is 9.29 Å². The van der Waals surface area contributed by atoms with Crippen molar-refractivity contribution in [2.45, 2.75) is 22.6 Å². The van der Waals surface area contributed by atoms with Gasteiger partial charge in [-0.05, 0) is 31.0 Å². The van der Waals surface area contributed by atoms with E-state index in [0.29, 0.717) is 18.0 Å². The molecule has 1 N–H and O–H groups in total. The van der Waals surface area contributed by atoms with Crippen molar-refractivity contribution in [3.63, 3.8) is 0 Å². The molecular formula is C22H23N3O5S3. The fraction of sp³-hybridized carbons (Fsp3) is 0.273. The van der Waals surface area contributed by atoms with Gasteiger partial charge in [-0.3, -0.25) is 4.79 Å². The van der Waals surface area contributed by atoms with Gasteiger partial charge in [-0.2, -0.15) is 4.31 Å². The highest BCUT2D eigenvalue weighted by Gasteiger charge is 2.32. The molecule has 3 aromatic rings. The van der Waals surface area contributed by atoms with Crippen LogP contribution in [0.1, 0.15) is 12.8 Å². The number of carbonyl (C=O) groups excluding carboxylic acids is 1. The summed E-state index contributed by atoms with van der Waals surface area (Å²) in [6, 6.07) is 15.0. The minimum absolute atomic E-state index is 0.0452. The van der Waals surface area contributed by atoms with Crippen molar-refractivity contribution in [2.24, 2.45) is 5.92 Å². The van der Waals surface area contributed by atoms with Gasteiger partial charge in [0.25, 0.3) is 0 Å². The zero-order valence-corrected chi connectivity index (χ0v) is 20.3. The molecule has 0 unspecified atom stereocenters. The van der Waals surface area contributed by atoms with Crippen LogP contribution < -0.4 is 5.32 Å². The summed E-state index contributed by atoms with van der Waals surface area (Å²) in [4.78, 5) is 17.1. The molecule has 2 aromatic carbocycles. The Morgan fingerprint density at radius 2 is 1.67 bits per heavy atom. The van der Waals surface area contributed by atoms with Crippen LogP contribution in [0.25, 0.3) is 11.3 Å². The summed E-state index contributed by atoms with van der Waals surface area (Å²) in [7, 11) is -7.38. The van der Waals surface area contributed by atoms with E-state index in [1.807, 2.05) is 35.7 Å². The molecule has 0 bridgehead atoms. The van der Waals surface area contributed by atoms with Crippen LogP contribution in [0, 0.1) is 5.92 Å². The molecule has 1 aliphatic heterocycles. The van der Waals surface area contributed by atoms with Gasteiger partial charge in [0, 0.05) is 36.2 Å². The zero-order chi connectivity index (χ0) is 23.6. The van der Waals surface area contributed by atoms with E-state index in [1.165, 1.54) is 39.9 Å². The molecule has 11 heteroatoms. The van der Waals surface area contributed by atoms with E-state index in [4.69, 9.17) is 0 Å². The number of nitrogens with zero attached hydrogens (tertiary/aromatic N) is 2. The second-order valence-electron chi connectivity index (χ2n) is 7.82. The van der Waals surface area contributed by atoms with E-state index in [0.717, 1.165) is 17.5 Å². The lowest BCUT2D eigenvalue weighted by Gasteiger charge is -2.30. The van der Waals surface area contributed by atoms with Crippen LogP contribution in [0.15, 0.2) is 69.8 Å². The third-order valence-electron chi connectivity index (χ3n) is 5.50. The number of piperidine rings is 1. The fourth-order valence-electron chi connectivity index (χ4n) is 3.65. The van der Waals surface area contributed by atoms with Crippen molar-refractivity contribution in [3.8, 4) is 11.3 Å². The van der Waals surface area contributed by atoms with E-state index in [9.17, 15) is 21.6 Å². The lowest BCUT2D eigenvalue weighted by atomic mass is 9.97. The Bertz CT molecular complexity index is 1360. The summed E-state index contributed by atoms with van der Waals surface area (Å²) < 4.78 is 50.9. The molecule has 0 spiro atoms. The minimum atomic E-state index is -3.85. The molecular weight excluding hydrogens is 482 g/mol. The summed E-state index contributed by atoms with van der Waals surface area (Å²) in [5.74, 6) is -0.511. The first kappa shape index (κ1) is 23.6. The quantitative estimate of drug-likeness (QED) is 0.550. The highest BCUT2D eigenvalue weighted by molar-refractivity contribution is 7.91. The number of amides is 1. The van der Waals surface area contributed by atoms with E-state index in [1.54, 1.807) is 0 Å². The summed E-state index contributed by atoms with van der Waals surface area (Å²) in [6.45, 7) is 0.354. The Balaban J connectivity index is 1.39. The van der Waals surface area contributed by atoms with E-state index < -0.39 is 19.9 Å². The molecule has 1 saturated heterocycles. The highest BCUT2D eigenvalue weighted by Crippen LogP contribution is 2.28. The number of aromatic nitrogens is 1. The van der Waals surface area contributed by atoms with Crippen LogP contribution in [-0.2, 0) is 24.7 Å². The number of thiazole rings is 1. The maximum absolute atomic E-state index is 13.0. The number of benzene rings is 2. The number of carbonyl (C=O) groups is 1. The van der Waals surface area contributed by atoms with Gasteiger partial charge in [0.2, 0.25) is 15.9 Å². The predicted molar refractivity (Wildman–Crippen MR) is 127 cm³/mol. The van der Waals surface area contributed by atoms with Gasteiger partial charge in [0.15, 0.2) is 15.0 Å². The van der Waals surface area contributed by atoms with Crippen LogP contribution in [0.3, 0.4) is 0 Å². The van der Waals surface area contributed by atoms with Gasteiger partial charge in [-0.1, -0.05) is 36.4 Å². The summed E-state index contributed by atoms with van der Waals surface area (Å²) in [5, 5.41) is 5.23. The van der Waals surface area contributed by atoms with Crippen LogP contribution in [0.4, 0.5) is 5.13 Å². The van der Waals surface area contributed by atoms with Gasteiger partial charge in [-0.15, -0.1) is 11.3 Å². The molecule has 174 valence electrons. The number of rotatable bonds is 6. The number of hydrogen-bond donors (Lipinski definition) is 1. The Morgan fingerprint density at radius 1 is 1.00 bits per heavy atom. The van der Waals surface area contributed by atoms with Gasteiger partial charge in [0.1, 0.15) is 0 Å². The molecule has 1 amide bonds. The van der Waals surface area contributed by atoms with Gasteiger partial charge in [-0.25, -0.2) is 21.8 Å². The normalized spacial score (nSPS) is 15.9. The zero-order valence-electron chi connectivity index (χ0n) is 17.8. The maximum atomic E-state index is 13.0. The lowest BCUT2D eigenvalue weighted by Crippen LogP contribution is -2.41. The fourth-order valence-corrected chi connectivity index (χ4v) is 6.63. The van der Waals surface area contributed by atoms with Crippen molar-refractivity contribution in [3.05, 3.63) is 60.0 Å². The van der Waals surface area contributed by atoms with E-state index in [-0.39, 0.29) is 34.7 Å². The third kappa shape index (κ3) is 5.32. The SMILES string of the molecule is CS(=O)(=O)c1cccc(S(=O)(=O)N2CCC(C(=O)Nc3nc(-c4ccccc4)cs3)CC2)c1. The number of sulfonamides is 1. The smallest absolute Gasteiger partial charge is 0.243 e. The van der Waals surface area contributed by atoms with E-state index in [2.05, 4.69) is 10.3 Å². The average molecular weight is 506 g/mol. The van der Waals surface area contributed by atoms with Crippen molar-refractivity contribution in [1.29, 1.82) is 0 Å². The van der Waals surface area contributed by atoms with Crippen molar-refractivity contribution in [2.75, 3.05) is 24.7 Å². The average Bonchev–Trinajstić information content (AvgIpc) is 3.28. The highest BCUT2D eigenvalue weighted by atomic mass is 32.2. The molecule has 0 aliphatic carbocycles. The first-order valence-corrected chi connectivity index (χ1v) is 14.5. The van der Waals surface area contributed by atoms with Crippen LogP contribution >= 0.6 is 11.3 Å². The van der Waals surface area contributed by atoms with Crippen LogP contribution in [-0.4, -0.2) is 51.4 Å². The molecule has 4 rings (SSSR count). The number of hydrogen-bond acceptors (Lipinski definition) is 7. The Labute approximate surface area is 197 Å². The van der Waals surface area contributed by atoms with Crippen LogP contribution in [0.5, 0.6) is 0 Å². The minimum Gasteiger partial charge on any atom is -0.302 e. The molecule has 0 saturated carbocycles. The molecule has 1 aliphatic rings. The Kier molecular flexibility index (Phi) is 6.66. The van der Waals surface area contributed by atoms with Gasteiger partial charge >= 0.3 is 0 Å². The number of sulfone groups is 1. The largest absolute Gasteiger partial charge is 0.302 e. The second-order valence-corrected chi connectivity index (χ2v) is 12.6. The van der Waals surface area contributed by atoms with E-state index >= 15 is 0 Å². The molecule has 2 heterocycles. The monoisotopic (exact) mass is 505 g/mol. The summed E-state index contributed by atoms with van der Waals surface area (Å²) in [6.07, 6.45) is 1.77. The van der Waals surface area contributed by atoms with Gasteiger partial charge in [0.05, 0.1) is 15.5 Å². The van der Waals surface area contributed by atoms with Crippen molar-refractivity contribution >= 4 is 42.2 Å².